The van der Waals surface area contributed by atoms with Crippen molar-refractivity contribution in [2.24, 2.45) is 0 Å². The van der Waals surface area contributed by atoms with E-state index in [0.717, 1.165) is 30.6 Å². The maximum Gasteiger partial charge on any atom is 0.254 e. The zero-order chi connectivity index (χ0) is 15.6. The summed E-state index contributed by atoms with van der Waals surface area (Å²) in [6.45, 7) is 2.11. The number of anilines is 1. The Morgan fingerprint density at radius 3 is 2.73 bits per heavy atom. The topological polar surface area (TPSA) is 32.8 Å². The fraction of sp³-hybridized carbons (Fsp3) is 0.611. The van der Waals surface area contributed by atoms with Gasteiger partial charge in [0.1, 0.15) is 0 Å². The van der Waals surface area contributed by atoms with Crippen molar-refractivity contribution in [3.8, 4) is 0 Å². The highest BCUT2D eigenvalue weighted by Crippen LogP contribution is 2.34. The van der Waals surface area contributed by atoms with Gasteiger partial charge in [-0.15, -0.1) is 0 Å². The summed E-state index contributed by atoms with van der Waals surface area (Å²) in [7, 11) is 3.99. The van der Waals surface area contributed by atoms with Crippen molar-refractivity contribution < 1.29 is 9.53 Å². The number of morpholine rings is 1. The molecular formula is C18H26N2O2. The third-order valence-corrected chi connectivity index (χ3v) is 4.91. The Hall–Kier alpha value is -1.55. The Balaban J connectivity index is 1.75. The van der Waals surface area contributed by atoms with Crippen molar-refractivity contribution in [1.29, 1.82) is 0 Å². The van der Waals surface area contributed by atoms with Crippen molar-refractivity contribution in [2.75, 3.05) is 38.7 Å². The van der Waals surface area contributed by atoms with Crippen LogP contribution < -0.4 is 4.90 Å². The molecule has 0 atom stereocenters. The Bertz CT molecular complexity index is 530. The van der Waals surface area contributed by atoms with Gasteiger partial charge >= 0.3 is 0 Å². The molecule has 1 saturated heterocycles. The molecule has 120 valence electrons. The molecule has 2 fully saturated rings. The number of ether oxygens (including phenoxy) is 1. The van der Waals surface area contributed by atoms with Crippen LogP contribution in [0.5, 0.6) is 0 Å². The highest BCUT2D eigenvalue weighted by atomic mass is 16.5. The second-order valence-electron chi connectivity index (χ2n) is 6.76. The van der Waals surface area contributed by atoms with Gasteiger partial charge in [0.25, 0.3) is 5.91 Å². The molecule has 1 aliphatic heterocycles. The van der Waals surface area contributed by atoms with Crippen molar-refractivity contribution in [3.63, 3.8) is 0 Å². The van der Waals surface area contributed by atoms with Gasteiger partial charge < -0.3 is 14.5 Å². The molecule has 0 radical (unpaired) electrons. The van der Waals surface area contributed by atoms with E-state index in [-0.39, 0.29) is 11.5 Å². The smallest absolute Gasteiger partial charge is 0.254 e. The lowest BCUT2D eigenvalue weighted by Crippen LogP contribution is -2.54. The Morgan fingerprint density at radius 2 is 2.00 bits per heavy atom. The molecule has 1 saturated carbocycles. The summed E-state index contributed by atoms with van der Waals surface area (Å²) in [4.78, 5) is 16.9. The standard InChI is InChI=1S/C18H26N2O2/c1-19(2)16-8-6-7-15(13-16)17(21)20-11-12-22-18(14-20)9-4-3-5-10-18/h6-8,13H,3-5,9-12,14H2,1-2H3. The average Bonchev–Trinajstić information content (AvgIpc) is 2.55. The van der Waals surface area contributed by atoms with Gasteiger partial charge in [-0.05, 0) is 31.0 Å². The van der Waals surface area contributed by atoms with Crippen LogP contribution in [-0.4, -0.2) is 50.2 Å². The monoisotopic (exact) mass is 302 g/mol. The highest BCUT2D eigenvalue weighted by Gasteiger charge is 2.39. The van der Waals surface area contributed by atoms with Crippen LogP contribution >= 0.6 is 0 Å². The number of benzene rings is 1. The summed E-state index contributed by atoms with van der Waals surface area (Å²) in [5.41, 5.74) is 1.76. The van der Waals surface area contributed by atoms with E-state index in [4.69, 9.17) is 4.74 Å². The lowest BCUT2D eigenvalue weighted by Gasteiger charge is -2.45. The molecule has 0 bridgehead atoms. The van der Waals surface area contributed by atoms with Crippen LogP contribution in [0.15, 0.2) is 24.3 Å². The van der Waals surface area contributed by atoms with E-state index in [1.165, 1.54) is 19.3 Å². The van der Waals surface area contributed by atoms with E-state index in [9.17, 15) is 4.79 Å². The van der Waals surface area contributed by atoms with E-state index in [0.29, 0.717) is 13.2 Å². The Kier molecular flexibility index (Phi) is 4.39. The first kappa shape index (κ1) is 15.3. The molecule has 1 amide bonds. The minimum atomic E-state index is -0.0781. The van der Waals surface area contributed by atoms with Crippen LogP contribution in [0.1, 0.15) is 42.5 Å². The van der Waals surface area contributed by atoms with Crippen molar-refractivity contribution >= 4 is 11.6 Å². The summed E-state index contributed by atoms with van der Waals surface area (Å²) < 4.78 is 6.08. The summed E-state index contributed by atoms with van der Waals surface area (Å²) in [5, 5.41) is 0. The van der Waals surface area contributed by atoms with Gasteiger partial charge in [-0.2, -0.15) is 0 Å². The Labute approximate surface area is 133 Å². The molecule has 1 aromatic carbocycles. The van der Waals surface area contributed by atoms with Gasteiger partial charge in [0.15, 0.2) is 0 Å². The predicted octanol–water partition coefficient (Wildman–Crippen LogP) is 2.93. The molecular weight excluding hydrogens is 276 g/mol. The van der Waals surface area contributed by atoms with Gasteiger partial charge in [-0.1, -0.05) is 25.3 Å². The molecule has 1 spiro atoms. The lowest BCUT2D eigenvalue weighted by atomic mass is 9.83. The number of hydrogen-bond donors (Lipinski definition) is 0. The molecule has 1 aromatic rings. The Morgan fingerprint density at radius 1 is 1.23 bits per heavy atom. The van der Waals surface area contributed by atoms with Gasteiger partial charge in [0.2, 0.25) is 0 Å². The molecule has 1 aliphatic carbocycles. The van der Waals surface area contributed by atoms with Crippen molar-refractivity contribution in [3.05, 3.63) is 29.8 Å². The molecule has 0 unspecified atom stereocenters. The number of carbonyl (C=O) groups is 1. The van der Waals surface area contributed by atoms with Crippen LogP contribution in [0.2, 0.25) is 0 Å². The minimum absolute atomic E-state index is 0.0781. The third kappa shape index (κ3) is 3.12. The van der Waals surface area contributed by atoms with E-state index < -0.39 is 0 Å². The zero-order valence-electron chi connectivity index (χ0n) is 13.7. The second kappa shape index (κ2) is 6.29. The number of hydrogen-bond acceptors (Lipinski definition) is 3. The first-order valence-corrected chi connectivity index (χ1v) is 8.30. The summed E-state index contributed by atoms with van der Waals surface area (Å²) >= 11 is 0. The third-order valence-electron chi connectivity index (χ3n) is 4.91. The molecule has 1 heterocycles. The fourth-order valence-corrected chi connectivity index (χ4v) is 3.62. The first-order valence-electron chi connectivity index (χ1n) is 8.30. The van der Waals surface area contributed by atoms with Crippen LogP contribution in [0.25, 0.3) is 0 Å². The molecule has 3 rings (SSSR count). The second-order valence-corrected chi connectivity index (χ2v) is 6.76. The summed E-state index contributed by atoms with van der Waals surface area (Å²) in [6.07, 6.45) is 5.92. The van der Waals surface area contributed by atoms with Crippen LogP contribution in [0, 0.1) is 0 Å². The molecule has 4 heteroatoms. The summed E-state index contributed by atoms with van der Waals surface area (Å²) in [5.74, 6) is 0.136. The number of amides is 1. The van der Waals surface area contributed by atoms with Crippen LogP contribution in [0.3, 0.4) is 0 Å². The number of carbonyl (C=O) groups excluding carboxylic acids is 1. The largest absolute Gasteiger partial charge is 0.378 e. The lowest BCUT2D eigenvalue weighted by molar-refractivity contribution is -0.117. The highest BCUT2D eigenvalue weighted by molar-refractivity contribution is 5.95. The number of rotatable bonds is 2. The van der Waals surface area contributed by atoms with Gasteiger partial charge in [0, 0.05) is 31.9 Å². The van der Waals surface area contributed by atoms with E-state index >= 15 is 0 Å². The van der Waals surface area contributed by atoms with Crippen LogP contribution in [-0.2, 0) is 4.74 Å². The first-order chi connectivity index (χ1) is 10.6. The average molecular weight is 302 g/mol. The minimum Gasteiger partial charge on any atom is -0.378 e. The predicted molar refractivity (Wildman–Crippen MR) is 88.4 cm³/mol. The molecule has 4 nitrogen and oxygen atoms in total. The molecule has 22 heavy (non-hydrogen) atoms. The zero-order valence-corrected chi connectivity index (χ0v) is 13.7. The SMILES string of the molecule is CN(C)c1cccc(C(=O)N2CCOC3(CCCCC3)C2)c1. The van der Waals surface area contributed by atoms with Gasteiger partial charge in [-0.3, -0.25) is 4.79 Å². The normalized spacial score (nSPS) is 20.9. The van der Waals surface area contributed by atoms with E-state index in [1.807, 2.05) is 48.2 Å². The van der Waals surface area contributed by atoms with Crippen molar-refractivity contribution in [1.82, 2.24) is 4.90 Å². The van der Waals surface area contributed by atoms with E-state index in [1.54, 1.807) is 0 Å². The fourth-order valence-electron chi connectivity index (χ4n) is 3.62. The molecule has 2 aliphatic rings. The summed E-state index contributed by atoms with van der Waals surface area (Å²) in [6, 6.07) is 7.88. The number of nitrogens with zero attached hydrogens (tertiary/aromatic N) is 2. The van der Waals surface area contributed by atoms with Gasteiger partial charge in [-0.25, -0.2) is 0 Å². The van der Waals surface area contributed by atoms with E-state index in [2.05, 4.69) is 0 Å². The van der Waals surface area contributed by atoms with Crippen molar-refractivity contribution in [2.45, 2.75) is 37.7 Å². The molecule has 0 aromatic heterocycles. The maximum absolute atomic E-state index is 12.9. The quantitative estimate of drug-likeness (QED) is 0.842. The van der Waals surface area contributed by atoms with Gasteiger partial charge in [0.05, 0.1) is 18.8 Å². The van der Waals surface area contributed by atoms with Crippen LogP contribution in [0.4, 0.5) is 5.69 Å². The maximum atomic E-state index is 12.9. The molecule has 0 N–H and O–H groups in total.